The molecule has 0 amide bonds. The number of ketones is 1. The SMILES string of the molecule is COc1cc([C@@H]2C(C(=O)OC(C)C)=C(C)NC3=C2C(=O)C[C@H](c2ccc(Cl)cc2)C3)ccc1OC(C)=O. The number of carbonyl (C=O) groups excluding carboxylic acids is 3. The number of carbonyl (C=O) groups is 3. The van der Waals surface area contributed by atoms with Gasteiger partial charge in [0.05, 0.1) is 18.8 Å². The van der Waals surface area contributed by atoms with Gasteiger partial charge in [-0.05, 0) is 68.5 Å². The van der Waals surface area contributed by atoms with E-state index in [4.69, 9.17) is 25.8 Å². The highest BCUT2D eigenvalue weighted by molar-refractivity contribution is 6.30. The molecule has 1 N–H and O–H groups in total. The first-order valence-electron chi connectivity index (χ1n) is 12.2. The normalized spacial score (nSPS) is 19.4. The first kappa shape index (κ1) is 26.5. The van der Waals surface area contributed by atoms with Gasteiger partial charge in [0.1, 0.15) is 0 Å². The van der Waals surface area contributed by atoms with Crippen molar-refractivity contribution in [3.63, 3.8) is 0 Å². The summed E-state index contributed by atoms with van der Waals surface area (Å²) in [5.41, 5.74) is 4.00. The van der Waals surface area contributed by atoms with E-state index in [1.54, 1.807) is 32.0 Å². The van der Waals surface area contributed by atoms with Crippen LogP contribution >= 0.6 is 11.6 Å². The molecule has 1 aliphatic carbocycles. The van der Waals surface area contributed by atoms with Gasteiger partial charge >= 0.3 is 11.9 Å². The van der Waals surface area contributed by atoms with Crippen molar-refractivity contribution in [1.82, 2.24) is 5.32 Å². The van der Waals surface area contributed by atoms with Crippen molar-refractivity contribution in [3.05, 3.63) is 81.2 Å². The Morgan fingerprint density at radius 2 is 1.70 bits per heavy atom. The molecule has 0 saturated carbocycles. The number of methoxy groups -OCH3 is 1. The predicted molar refractivity (Wildman–Crippen MR) is 140 cm³/mol. The largest absolute Gasteiger partial charge is 0.493 e. The quantitative estimate of drug-likeness (QED) is 0.390. The van der Waals surface area contributed by atoms with Crippen molar-refractivity contribution in [1.29, 1.82) is 0 Å². The summed E-state index contributed by atoms with van der Waals surface area (Å²) < 4.78 is 16.3. The first-order chi connectivity index (χ1) is 17.6. The second kappa shape index (κ2) is 10.8. The molecule has 2 atom stereocenters. The van der Waals surface area contributed by atoms with Gasteiger partial charge < -0.3 is 19.5 Å². The first-order valence-corrected chi connectivity index (χ1v) is 12.5. The number of ether oxygens (including phenoxy) is 3. The van der Waals surface area contributed by atoms with E-state index in [9.17, 15) is 14.4 Å². The summed E-state index contributed by atoms with van der Waals surface area (Å²) in [6.45, 7) is 6.68. The number of esters is 2. The van der Waals surface area contributed by atoms with Gasteiger partial charge in [0.15, 0.2) is 17.3 Å². The zero-order valence-corrected chi connectivity index (χ0v) is 22.3. The molecule has 2 aromatic rings. The Morgan fingerprint density at radius 3 is 2.32 bits per heavy atom. The molecule has 37 heavy (non-hydrogen) atoms. The van der Waals surface area contributed by atoms with E-state index >= 15 is 0 Å². The highest BCUT2D eigenvalue weighted by Crippen LogP contribution is 2.47. The molecule has 0 aromatic heterocycles. The number of hydrogen-bond donors (Lipinski definition) is 1. The summed E-state index contributed by atoms with van der Waals surface area (Å²) in [6.07, 6.45) is 0.569. The number of halogens is 1. The molecule has 1 aliphatic heterocycles. The third-order valence-corrected chi connectivity index (χ3v) is 6.76. The maximum atomic E-state index is 13.7. The molecule has 8 heteroatoms. The van der Waals surface area contributed by atoms with Gasteiger partial charge in [0.2, 0.25) is 0 Å². The molecule has 7 nitrogen and oxygen atoms in total. The van der Waals surface area contributed by atoms with Gasteiger partial charge in [0, 0.05) is 41.3 Å². The van der Waals surface area contributed by atoms with E-state index in [-0.39, 0.29) is 23.6 Å². The van der Waals surface area contributed by atoms with E-state index in [0.29, 0.717) is 46.0 Å². The summed E-state index contributed by atoms with van der Waals surface area (Å²) >= 11 is 6.06. The molecular weight excluding hydrogens is 494 g/mol. The molecule has 0 spiro atoms. The molecule has 0 unspecified atom stereocenters. The van der Waals surface area contributed by atoms with Gasteiger partial charge in [-0.15, -0.1) is 0 Å². The fourth-order valence-corrected chi connectivity index (χ4v) is 5.12. The highest BCUT2D eigenvalue weighted by Gasteiger charge is 2.42. The van der Waals surface area contributed by atoms with E-state index in [1.807, 2.05) is 31.2 Å². The van der Waals surface area contributed by atoms with Crippen molar-refractivity contribution in [3.8, 4) is 11.5 Å². The Labute approximate surface area is 221 Å². The van der Waals surface area contributed by atoms with Crippen LogP contribution in [0, 0.1) is 0 Å². The summed E-state index contributed by atoms with van der Waals surface area (Å²) in [5.74, 6) is -1.13. The monoisotopic (exact) mass is 523 g/mol. The third kappa shape index (κ3) is 5.57. The van der Waals surface area contributed by atoms with E-state index in [2.05, 4.69) is 5.32 Å². The van der Waals surface area contributed by atoms with Crippen molar-refractivity contribution < 1.29 is 28.6 Å². The molecule has 0 saturated heterocycles. The maximum Gasteiger partial charge on any atom is 0.337 e. The van der Waals surface area contributed by atoms with Crippen LogP contribution in [0.1, 0.15) is 63.5 Å². The van der Waals surface area contributed by atoms with Gasteiger partial charge in [-0.25, -0.2) is 4.79 Å². The van der Waals surface area contributed by atoms with Gasteiger partial charge in [-0.2, -0.15) is 0 Å². The van der Waals surface area contributed by atoms with Crippen molar-refractivity contribution in [2.24, 2.45) is 0 Å². The molecule has 194 valence electrons. The average molecular weight is 524 g/mol. The van der Waals surface area contributed by atoms with Crippen LogP contribution in [0.3, 0.4) is 0 Å². The average Bonchev–Trinajstić information content (AvgIpc) is 2.83. The van der Waals surface area contributed by atoms with Crippen LogP contribution in [-0.2, 0) is 19.1 Å². The Morgan fingerprint density at radius 1 is 1.03 bits per heavy atom. The lowest BCUT2D eigenvalue weighted by atomic mass is 9.71. The van der Waals surface area contributed by atoms with Gasteiger partial charge in [-0.1, -0.05) is 29.8 Å². The molecule has 1 heterocycles. The van der Waals surface area contributed by atoms with Crippen LogP contribution in [0.2, 0.25) is 5.02 Å². The molecule has 0 radical (unpaired) electrons. The number of hydrogen-bond acceptors (Lipinski definition) is 7. The lowest BCUT2D eigenvalue weighted by Crippen LogP contribution is -2.36. The lowest BCUT2D eigenvalue weighted by Gasteiger charge is -2.37. The number of dihydropyridines is 1. The van der Waals surface area contributed by atoms with Crippen molar-refractivity contribution >= 4 is 29.3 Å². The van der Waals surface area contributed by atoms with Crippen LogP contribution in [0.25, 0.3) is 0 Å². The number of rotatable bonds is 6. The summed E-state index contributed by atoms with van der Waals surface area (Å²) in [6, 6.07) is 12.6. The summed E-state index contributed by atoms with van der Waals surface area (Å²) in [7, 11) is 1.47. The fraction of sp³-hybridized carbons (Fsp3) is 0.345. The van der Waals surface area contributed by atoms with Crippen LogP contribution in [0.15, 0.2) is 65.0 Å². The topological polar surface area (TPSA) is 90.9 Å². The number of allylic oxidation sites excluding steroid dienone is 3. The minimum atomic E-state index is -0.665. The molecular formula is C29H30ClNO6. The second-order valence-electron chi connectivity index (χ2n) is 9.53. The van der Waals surface area contributed by atoms with E-state index in [0.717, 1.165) is 11.3 Å². The van der Waals surface area contributed by atoms with Crippen LogP contribution in [-0.4, -0.2) is 30.9 Å². The molecule has 2 aliphatic rings. The van der Waals surface area contributed by atoms with Gasteiger partial charge in [-0.3, -0.25) is 9.59 Å². The zero-order chi connectivity index (χ0) is 26.9. The standard InChI is InChI=1S/C29H30ClNO6/c1-15(2)36-29(34)26-16(3)31-22-12-20(18-6-9-21(30)10-7-18)13-23(33)28(22)27(26)19-8-11-24(37-17(4)32)25(14-19)35-5/h6-11,14-15,20,27,31H,12-13H2,1-5H3/t20-,27-/m1/s1. The molecule has 0 fully saturated rings. The molecule has 0 bridgehead atoms. The van der Waals surface area contributed by atoms with Crippen LogP contribution in [0.4, 0.5) is 0 Å². The fourth-order valence-electron chi connectivity index (χ4n) is 4.99. The minimum Gasteiger partial charge on any atom is -0.493 e. The Balaban J connectivity index is 1.82. The van der Waals surface area contributed by atoms with Crippen molar-refractivity contribution in [2.45, 2.75) is 58.5 Å². The Bertz CT molecular complexity index is 1310. The third-order valence-electron chi connectivity index (χ3n) is 6.51. The summed E-state index contributed by atoms with van der Waals surface area (Å²) in [5, 5.41) is 3.98. The van der Waals surface area contributed by atoms with Crippen LogP contribution < -0.4 is 14.8 Å². The molecule has 2 aromatic carbocycles. The second-order valence-corrected chi connectivity index (χ2v) is 9.96. The van der Waals surface area contributed by atoms with Crippen LogP contribution in [0.5, 0.6) is 11.5 Å². The van der Waals surface area contributed by atoms with Gasteiger partial charge in [0.25, 0.3) is 0 Å². The number of benzene rings is 2. The Kier molecular flexibility index (Phi) is 7.73. The van der Waals surface area contributed by atoms with E-state index < -0.39 is 17.9 Å². The minimum absolute atomic E-state index is 0.0190. The number of nitrogens with one attached hydrogen (secondary N) is 1. The molecule has 4 rings (SSSR count). The van der Waals surface area contributed by atoms with Crippen molar-refractivity contribution in [2.75, 3.05) is 7.11 Å². The highest BCUT2D eigenvalue weighted by atomic mass is 35.5. The lowest BCUT2D eigenvalue weighted by molar-refractivity contribution is -0.143. The summed E-state index contributed by atoms with van der Waals surface area (Å²) in [4.78, 5) is 38.6. The zero-order valence-electron chi connectivity index (χ0n) is 21.5. The Hall–Kier alpha value is -3.58. The van der Waals surface area contributed by atoms with E-state index in [1.165, 1.54) is 14.0 Å². The predicted octanol–water partition coefficient (Wildman–Crippen LogP) is 5.59. The number of Topliss-reactive ketones (excluding diaryl/α,β-unsaturated/α-hetero) is 1. The smallest absolute Gasteiger partial charge is 0.337 e. The maximum absolute atomic E-state index is 13.7.